The van der Waals surface area contributed by atoms with Crippen LogP contribution in [0.25, 0.3) is 16.6 Å². The van der Waals surface area contributed by atoms with Gasteiger partial charge >= 0.3 is 6.36 Å². The summed E-state index contributed by atoms with van der Waals surface area (Å²) in [4.78, 5) is 19.3. The van der Waals surface area contributed by atoms with Crippen LogP contribution in [-0.2, 0) is 11.2 Å². The van der Waals surface area contributed by atoms with Gasteiger partial charge in [0.05, 0.1) is 34.0 Å². The van der Waals surface area contributed by atoms with Crippen molar-refractivity contribution in [1.29, 1.82) is 0 Å². The molecule has 0 saturated heterocycles. The van der Waals surface area contributed by atoms with Crippen molar-refractivity contribution >= 4 is 35.4 Å². The lowest BCUT2D eigenvalue weighted by Gasteiger charge is -2.23. The molecule has 43 heavy (non-hydrogen) atoms. The fourth-order valence-corrected chi connectivity index (χ4v) is 6.03. The van der Waals surface area contributed by atoms with E-state index in [1.54, 1.807) is 32.3 Å². The number of hydrogen-bond acceptors (Lipinski definition) is 10. The molecule has 1 fully saturated rings. The van der Waals surface area contributed by atoms with Gasteiger partial charge in [-0.2, -0.15) is 4.98 Å². The summed E-state index contributed by atoms with van der Waals surface area (Å²) in [6, 6.07) is -0.569. The molecule has 1 aliphatic rings. The topological polar surface area (TPSA) is 125 Å². The van der Waals surface area contributed by atoms with E-state index in [1.165, 1.54) is 17.4 Å². The number of alkyl halides is 3. The van der Waals surface area contributed by atoms with Crippen molar-refractivity contribution in [3.8, 4) is 10.6 Å². The number of nitrogens with one attached hydrogen (secondary N) is 2. The summed E-state index contributed by atoms with van der Waals surface area (Å²) in [5, 5.41) is 27.8. The molecule has 5 atom stereocenters. The maximum atomic E-state index is 12.5. The van der Waals surface area contributed by atoms with Crippen LogP contribution in [-0.4, -0.2) is 69.6 Å². The second kappa shape index (κ2) is 14.8. The number of nitrogens with zero attached hydrogens (tertiary/aromatic N) is 4. The monoisotopic (exact) mass is 620 g/mol. The molecule has 1 aliphatic carbocycles. The van der Waals surface area contributed by atoms with Crippen LogP contribution in [0.4, 0.5) is 24.9 Å². The largest absolute Gasteiger partial charge is 0.573 e. The molecule has 3 unspecified atom stereocenters. The van der Waals surface area contributed by atoms with E-state index < -0.39 is 24.3 Å². The first-order chi connectivity index (χ1) is 20.3. The molecular weight excluding hydrogens is 581 g/mol. The van der Waals surface area contributed by atoms with Gasteiger partial charge in [-0.3, -0.25) is 0 Å². The van der Waals surface area contributed by atoms with E-state index in [-0.39, 0.29) is 30.4 Å². The molecule has 2 aromatic heterocycles. The van der Waals surface area contributed by atoms with Crippen LogP contribution < -0.4 is 10.6 Å². The number of ether oxygens (including phenoxy) is 1. The van der Waals surface area contributed by atoms with Crippen LogP contribution in [0, 0.1) is 18.8 Å². The molecule has 0 amide bonds. The molecule has 13 heteroatoms. The van der Waals surface area contributed by atoms with Crippen LogP contribution in [0.2, 0.25) is 0 Å². The number of aliphatic hydroxyl groups excluding tert-OH is 2. The number of aliphatic hydroxyl groups is 2. The van der Waals surface area contributed by atoms with Gasteiger partial charge in [-0.15, -0.1) is 24.5 Å². The summed E-state index contributed by atoms with van der Waals surface area (Å²) < 4.78 is 41.4. The molecule has 3 rings (SSSR count). The maximum Gasteiger partial charge on any atom is 0.573 e. The summed E-state index contributed by atoms with van der Waals surface area (Å²) in [5.74, 6) is -0.155. The summed E-state index contributed by atoms with van der Waals surface area (Å²) in [6.45, 7) is 14.5. The number of aromatic nitrogens is 3. The van der Waals surface area contributed by atoms with Gasteiger partial charge in [0.25, 0.3) is 0 Å². The lowest BCUT2D eigenvalue weighted by molar-refractivity contribution is -0.303. The molecule has 9 nitrogen and oxygen atoms in total. The Balaban J connectivity index is 1.99. The lowest BCUT2D eigenvalue weighted by Crippen LogP contribution is -2.28. The predicted octanol–water partition coefficient (Wildman–Crippen LogP) is 5.94. The minimum Gasteiger partial charge on any atom is -0.406 e. The lowest BCUT2D eigenvalue weighted by atomic mass is 10.0. The molecular formula is C30H39F3N6O3S. The second-order valence-corrected chi connectivity index (χ2v) is 11.3. The third kappa shape index (κ3) is 8.74. The van der Waals surface area contributed by atoms with Gasteiger partial charge < -0.3 is 30.6 Å². The van der Waals surface area contributed by atoms with E-state index in [0.29, 0.717) is 40.5 Å². The van der Waals surface area contributed by atoms with Crippen LogP contribution in [0.1, 0.15) is 43.5 Å². The summed E-state index contributed by atoms with van der Waals surface area (Å²) in [5.41, 5.74) is 2.82. The Labute approximate surface area is 254 Å². The molecule has 0 aromatic carbocycles. The highest BCUT2D eigenvalue weighted by Crippen LogP contribution is 2.39. The maximum absolute atomic E-state index is 12.5. The Hall–Kier alpha value is -3.55. The van der Waals surface area contributed by atoms with Crippen molar-refractivity contribution in [3.05, 3.63) is 59.0 Å². The van der Waals surface area contributed by atoms with E-state index in [1.807, 2.05) is 20.8 Å². The van der Waals surface area contributed by atoms with Crippen LogP contribution in [0.5, 0.6) is 0 Å². The molecule has 234 valence electrons. The third-order valence-corrected chi connectivity index (χ3v) is 8.45. The Morgan fingerprint density at radius 2 is 2.00 bits per heavy atom. The SMILES string of the molecule is C=Cc1sc(-c2c(C)nc(N[C@H](C)C(/C=C\C(=C)OC(F)(F)F)=C/C)nc2NC2CC(CO)[C@@H](O)C2C)nc1CC=NC. The number of aliphatic imine (C=N–C) groups is 1. The van der Waals surface area contributed by atoms with E-state index in [0.717, 1.165) is 16.6 Å². The van der Waals surface area contributed by atoms with Crippen molar-refractivity contribution in [2.75, 3.05) is 24.3 Å². The number of allylic oxidation sites excluding steroid dienone is 2. The van der Waals surface area contributed by atoms with Crippen molar-refractivity contribution in [2.45, 2.75) is 65.1 Å². The second-order valence-electron chi connectivity index (χ2n) is 10.3. The first-order valence-electron chi connectivity index (χ1n) is 13.8. The van der Waals surface area contributed by atoms with E-state index in [4.69, 9.17) is 15.0 Å². The Kier molecular flexibility index (Phi) is 11.7. The fourth-order valence-electron chi connectivity index (χ4n) is 4.99. The van der Waals surface area contributed by atoms with Gasteiger partial charge in [-0.05, 0) is 38.8 Å². The van der Waals surface area contributed by atoms with E-state index in [2.05, 4.69) is 33.5 Å². The predicted molar refractivity (Wildman–Crippen MR) is 166 cm³/mol. The summed E-state index contributed by atoms with van der Waals surface area (Å²) >= 11 is 1.46. The molecule has 1 saturated carbocycles. The van der Waals surface area contributed by atoms with E-state index in [9.17, 15) is 23.4 Å². The summed E-state index contributed by atoms with van der Waals surface area (Å²) in [7, 11) is 1.70. The highest BCUT2D eigenvalue weighted by molar-refractivity contribution is 7.16. The van der Waals surface area contributed by atoms with Crippen LogP contribution in [0.15, 0.2) is 47.7 Å². The first-order valence-corrected chi connectivity index (χ1v) is 14.7. The zero-order chi connectivity index (χ0) is 31.9. The van der Waals surface area contributed by atoms with Crippen molar-refractivity contribution in [1.82, 2.24) is 15.0 Å². The average Bonchev–Trinajstić information content (AvgIpc) is 3.46. The van der Waals surface area contributed by atoms with Crippen molar-refractivity contribution < 1.29 is 28.1 Å². The van der Waals surface area contributed by atoms with E-state index >= 15 is 0 Å². The minimum absolute atomic E-state index is 0.124. The minimum atomic E-state index is -4.82. The van der Waals surface area contributed by atoms with Crippen LogP contribution >= 0.6 is 11.3 Å². The molecule has 0 bridgehead atoms. The molecule has 0 aliphatic heterocycles. The number of anilines is 2. The molecule has 2 heterocycles. The smallest absolute Gasteiger partial charge is 0.406 e. The number of hydrogen-bond donors (Lipinski definition) is 4. The molecule has 2 aromatic rings. The van der Waals surface area contributed by atoms with Gasteiger partial charge in [0.15, 0.2) is 0 Å². The highest BCUT2D eigenvalue weighted by atomic mass is 32.1. The standard InChI is InChI=1S/C30H39F3N6O3S/c1-8-20(11-10-16(3)42-30(31,32)33)18(5)35-29-36-19(6)25(28-38-22(12-13-34-7)24(9-2)43-28)27(39-29)37-23-14-21(15-40)26(41)17(23)4/h8-11,13,17-18,21,23,26,40-41H,2-3,12,14-15H2,1,4-7H3,(H2,35,36,37,39)/b11-10-,20-8+,34-13?/t17?,18-,21?,23?,26+/m1/s1. The average molecular weight is 621 g/mol. The zero-order valence-corrected chi connectivity index (χ0v) is 25.8. The van der Waals surface area contributed by atoms with Crippen LogP contribution in [0.3, 0.4) is 0 Å². The Morgan fingerprint density at radius 1 is 1.28 bits per heavy atom. The summed E-state index contributed by atoms with van der Waals surface area (Å²) in [6.07, 6.45) is 3.50. The van der Waals surface area contributed by atoms with Gasteiger partial charge in [0.1, 0.15) is 16.6 Å². The molecule has 0 radical (unpaired) electrons. The fraction of sp³-hybridized carbons (Fsp3) is 0.467. The van der Waals surface area contributed by atoms with Crippen molar-refractivity contribution in [2.24, 2.45) is 16.8 Å². The third-order valence-electron chi connectivity index (χ3n) is 7.34. The number of aryl methyl sites for hydroxylation is 1. The number of thiazole rings is 1. The quantitative estimate of drug-likeness (QED) is 0.123. The molecule has 0 spiro atoms. The first kappa shape index (κ1) is 33.9. The van der Waals surface area contributed by atoms with Crippen molar-refractivity contribution in [3.63, 3.8) is 0 Å². The Morgan fingerprint density at radius 3 is 2.58 bits per heavy atom. The van der Waals surface area contributed by atoms with Gasteiger partial charge in [0, 0.05) is 44.2 Å². The number of halogens is 3. The Bertz CT molecular complexity index is 1390. The normalized spacial score (nSPS) is 21.9. The zero-order valence-electron chi connectivity index (χ0n) is 24.9. The van der Waals surface area contributed by atoms with Gasteiger partial charge in [-0.1, -0.05) is 38.3 Å². The van der Waals surface area contributed by atoms with Gasteiger partial charge in [0.2, 0.25) is 5.95 Å². The molecule has 4 N–H and O–H groups in total. The van der Waals surface area contributed by atoms with Gasteiger partial charge in [-0.25, -0.2) is 9.97 Å². The number of rotatable bonds is 13. The highest BCUT2D eigenvalue weighted by Gasteiger charge is 2.40.